The van der Waals surface area contributed by atoms with Crippen LogP contribution in [0.15, 0.2) is 0 Å². The van der Waals surface area contributed by atoms with Crippen molar-refractivity contribution in [3.63, 3.8) is 0 Å². The van der Waals surface area contributed by atoms with E-state index in [1.807, 2.05) is 18.7 Å². The van der Waals surface area contributed by atoms with Gasteiger partial charge in [0.25, 0.3) is 0 Å². The summed E-state index contributed by atoms with van der Waals surface area (Å²) in [5.74, 6) is 1.38. The zero-order valence-corrected chi connectivity index (χ0v) is 11.8. The van der Waals surface area contributed by atoms with E-state index in [2.05, 4.69) is 20.8 Å². The highest BCUT2D eigenvalue weighted by Gasteiger charge is 2.18. The molecule has 0 bridgehead atoms. The number of hydrogen-bond acceptors (Lipinski definition) is 1. The molecule has 0 aliphatic carbocycles. The van der Waals surface area contributed by atoms with E-state index in [9.17, 15) is 4.79 Å². The lowest BCUT2D eigenvalue weighted by Crippen LogP contribution is -2.38. The number of rotatable bonds is 2. The summed E-state index contributed by atoms with van der Waals surface area (Å²) in [7, 11) is 0. The average molecular weight is 227 g/mol. The van der Waals surface area contributed by atoms with Crippen LogP contribution in [0.25, 0.3) is 0 Å². The summed E-state index contributed by atoms with van der Waals surface area (Å²) in [6, 6.07) is 0. The summed E-state index contributed by atoms with van der Waals surface area (Å²) < 4.78 is 0. The Kier molecular flexibility index (Phi) is 8.32. The largest absolute Gasteiger partial charge is 0.342 e. The van der Waals surface area contributed by atoms with Crippen LogP contribution in [0.3, 0.4) is 0 Å². The average Bonchev–Trinajstić information content (AvgIpc) is 2.29. The van der Waals surface area contributed by atoms with Gasteiger partial charge in [-0.3, -0.25) is 4.79 Å². The lowest BCUT2D eigenvalue weighted by atomic mass is 10.1. The molecule has 16 heavy (non-hydrogen) atoms. The number of nitrogens with zero attached hydrogens (tertiary/aromatic N) is 1. The zero-order valence-electron chi connectivity index (χ0n) is 11.8. The van der Waals surface area contributed by atoms with Crippen LogP contribution in [0.5, 0.6) is 0 Å². The number of hydrogen-bond donors (Lipinski definition) is 0. The quantitative estimate of drug-likeness (QED) is 0.704. The maximum Gasteiger partial charge on any atom is 0.225 e. The third-order valence-electron chi connectivity index (χ3n) is 2.98. The van der Waals surface area contributed by atoms with E-state index >= 15 is 0 Å². The summed E-state index contributed by atoms with van der Waals surface area (Å²) in [4.78, 5) is 13.4. The molecule has 0 aromatic rings. The second kappa shape index (κ2) is 8.60. The Morgan fingerprint density at radius 3 is 1.81 bits per heavy atom. The number of amides is 1. The molecule has 0 saturated carbocycles. The smallest absolute Gasteiger partial charge is 0.225 e. The SMILES string of the molecule is CC(C)C(=O)N1CCCCC1.CCC(C)C. The van der Waals surface area contributed by atoms with Crippen LogP contribution in [-0.2, 0) is 4.79 Å². The third-order valence-corrected chi connectivity index (χ3v) is 2.98. The van der Waals surface area contributed by atoms with E-state index < -0.39 is 0 Å². The fourth-order valence-electron chi connectivity index (χ4n) is 1.48. The van der Waals surface area contributed by atoms with Gasteiger partial charge in [0.2, 0.25) is 5.91 Å². The Labute approximate surface area is 101 Å². The third kappa shape index (κ3) is 6.86. The van der Waals surface area contributed by atoms with Crippen molar-refractivity contribution in [2.45, 2.75) is 60.3 Å². The van der Waals surface area contributed by atoms with Crippen LogP contribution in [0, 0.1) is 11.8 Å². The lowest BCUT2D eigenvalue weighted by Gasteiger charge is -2.28. The Balaban J connectivity index is 0.000000385. The minimum absolute atomic E-state index is 0.174. The van der Waals surface area contributed by atoms with E-state index in [-0.39, 0.29) is 5.92 Å². The van der Waals surface area contributed by atoms with Crippen LogP contribution in [0.2, 0.25) is 0 Å². The summed E-state index contributed by atoms with van der Waals surface area (Å²) >= 11 is 0. The van der Waals surface area contributed by atoms with Crippen molar-refractivity contribution in [3.05, 3.63) is 0 Å². The molecule has 0 aromatic heterocycles. The molecule has 2 nitrogen and oxygen atoms in total. The van der Waals surface area contributed by atoms with Gasteiger partial charge in [-0.1, -0.05) is 41.0 Å². The number of piperidine rings is 1. The fraction of sp³-hybridized carbons (Fsp3) is 0.929. The molecule has 0 atom stereocenters. The topological polar surface area (TPSA) is 20.3 Å². The highest BCUT2D eigenvalue weighted by molar-refractivity contribution is 5.78. The van der Waals surface area contributed by atoms with Gasteiger partial charge in [-0.15, -0.1) is 0 Å². The first-order valence-electron chi connectivity index (χ1n) is 6.77. The molecule has 1 aliphatic rings. The normalized spacial score (nSPS) is 16.1. The number of carbonyl (C=O) groups excluding carboxylic acids is 1. The van der Waals surface area contributed by atoms with Gasteiger partial charge in [-0.05, 0) is 25.2 Å². The van der Waals surface area contributed by atoms with Crippen molar-refractivity contribution in [3.8, 4) is 0 Å². The van der Waals surface area contributed by atoms with Gasteiger partial charge in [-0.2, -0.15) is 0 Å². The molecule has 0 unspecified atom stereocenters. The molecule has 0 spiro atoms. The van der Waals surface area contributed by atoms with Crippen molar-refractivity contribution in [1.82, 2.24) is 4.90 Å². The maximum absolute atomic E-state index is 11.4. The molecule has 96 valence electrons. The predicted molar refractivity (Wildman–Crippen MR) is 70.4 cm³/mol. The van der Waals surface area contributed by atoms with Crippen LogP contribution >= 0.6 is 0 Å². The highest BCUT2D eigenvalue weighted by atomic mass is 16.2. The van der Waals surface area contributed by atoms with Crippen molar-refractivity contribution >= 4 is 5.91 Å². The second-order valence-corrected chi connectivity index (χ2v) is 5.34. The Morgan fingerprint density at radius 1 is 1.06 bits per heavy atom. The molecule has 0 aromatic carbocycles. The monoisotopic (exact) mass is 227 g/mol. The Morgan fingerprint density at radius 2 is 1.50 bits per heavy atom. The van der Waals surface area contributed by atoms with Crippen LogP contribution < -0.4 is 0 Å². The molecule has 1 aliphatic heterocycles. The minimum Gasteiger partial charge on any atom is -0.342 e. The van der Waals surface area contributed by atoms with Crippen molar-refractivity contribution < 1.29 is 4.79 Å². The standard InChI is InChI=1S/C9H17NO.C5H12/c1-8(2)9(11)10-6-4-3-5-7-10;1-4-5(2)3/h8H,3-7H2,1-2H3;5H,4H2,1-3H3. The summed E-state index contributed by atoms with van der Waals surface area (Å²) in [6.07, 6.45) is 4.98. The number of carbonyl (C=O) groups is 1. The van der Waals surface area contributed by atoms with E-state index in [1.54, 1.807) is 0 Å². The Hall–Kier alpha value is -0.530. The van der Waals surface area contributed by atoms with Crippen molar-refractivity contribution in [2.75, 3.05) is 13.1 Å². The highest BCUT2D eigenvalue weighted by Crippen LogP contribution is 2.11. The van der Waals surface area contributed by atoms with Gasteiger partial charge in [0.05, 0.1) is 0 Å². The molecule has 1 amide bonds. The van der Waals surface area contributed by atoms with E-state index in [1.165, 1.54) is 25.7 Å². The molecule has 1 fully saturated rings. The molecule has 2 heteroatoms. The molecule has 0 N–H and O–H groups in total. The first kappa shape index (κ1) is 15.5. The van der Waals surface area contributed by atoms with Gasteiger partial charge in [0.15, 0.2) is 0 Å². The molecule has 1 rings (SSSR count). The Bertz CT molecular complexity index is 181. The van der Waals surface area contributed by atoms with Gasteiger partial charge < -0.3 is 4.90 Å². The first-order chi connectivity index (χ1) is 7.49. The summed E-state index contributed by atoms with van der Waals surface area (Å²) in [6.45, 7) is 12.5. The fourth-order valence-corrected chi connectivity index (χ4v) is 1.48. The lowest BCUT2D eigenvalue weighted by molar-refractivity contribution is -0.135. The summed E-state index contributed by atoms with van der Waals surface area (Å²) in [5, 5.41) is 0. The van der Waals surface area contributed by atoms with Gasteiger partial charge in [0, 0.05) is 19.0 Å². The van der Waals surface area contributed by atoms with Crippen LogP contribution in [-0.4, -0.2) is 23.9 Å². The van der Waals surface area contributed by atoms with Crippen LogP contribution in [0.1, 0.15) is 60.3 Å². The van der Waals surface area contributed by atoms with Gasteiger partial charge >= 0.3 is 0 Å². The molecule has 1 heterocycles. The first-order valence-corrected chi connectivity index (χ1v) is 6.77. The molecular formula is C14H29NO. The van der Waals surface area contributed by atoms with Crippen LogP contribution in [0.4, 0.5) is 0 Å². The van der Waals surface area contributed by atoms with E-state index in [4.69, 9.17) is 0 Å². The molecule has 1 saturated heterocycles. The zero-order chi connectivity index (χ0) is 12.6. The van der Waals surface area contributed by atoms with Gasteiger partial charge in [0.1, 0.15) is 0 Å². The second-order valence-electron chi connectivity index (χ2n) is 5.34. The van der Waals surface area contributed by atoms with E-state index in [0.29, 0.717) is 5.91 Å². The number of likely N-dealkylation sites (tertiary alicyclic amines) is 1. The molecule has 0 radical (unpaired) electrons. The van der Waals surface area contributed by atoms with Crippen molar-refractivity contribution in [1.29, 1.82) is 0 Å². The maximum atomic E-state index is 11.4. The minimum atomic E-state index is 0.174. The van der Waals surface area contributed by atoms with Gasteiger partial charge in [-0.25, -0.2) is 0 Å². The summed E-state index contributed by atoms with van der Waals surface area (Å²) in [5.41, 5.74) is 0. The predicted octanol–water partition coefficient (Wildman–Crippen LogP) is 3.71. The van der Waals surface area contributed by atoms with Crippen molar-refractivity contribution in [2.24, 2.45) is 11.8 Å². The van der Waals surface area contributed by atoms with E-state index in [0.717, 1.165) is 19.0 Å². The molecular weight excluding hydrogens is 198 g/mol.